The molecule has 0 bridgehead atoms. The van der Waals surface area contributed by atoms with Crippen LogP contribution in [0.3, 0.4) is 0 Å². The van der Waals surface area contributed by atoms with Crippen molar-refractivity contribution >= 4 is 22.6 Å². The largest absolute Gasteiger partial charge is 0.481 e. The molecule has 0 fully saturated rings. The number of nitro benzene ring substituents is 1. The van der Waals surface area contributed by atoms with Gasteiger partial charge >= 0.3 is 5.97 Å². The summed E-state index contributed by atoms with van der Waals surface area (Å²) in [7, 11) is 0. The molecule has 2 rings (SSSR count). The molecule has 1 aromatic carbocycles. The van der Waals surface area contributed by atoms with Crippen molar-refractivity contribution in [2.45, 2.75) is 13.3 Å². The van der Waals surface area contributed by atoms with Crippen molar-refractivity contribution in [2.24, 2.45) is 0 Å². The van der Waals surface area contributed by atoms with Crippen LogP contribution in [0.1, 0.15) is 11.3 Å². The number of aromatic nitrogens is 1. The fourth-order valence-electron chi connectivity index (χ4n) is 1.92. The van der Waals surface area contributed by atoms with E-state index in [0.29, 0.717) is 11.2 Å². The van der Waals surface area contributed by atoms with E-state index in [1.165, 1.54) is 12.1 Å². The zero-order valence-electron chi connectivity index (χ0n) is 9.97. The van der Waals surface area contributed by atoms with Gasteiger partial charge in [-0.1, -0.05) is 0 Å². The highest BCUT2D eigenvalue weighted by atomic mass is 16.6. The number of aromatic amines is 1. The van der Waals surface area contributed by atoms with Crippen molar-refractivity contribution < 1.29 is 14.8 Å². The van der Waals surface area contributed by atoms with Crippen LogP contribution in [0, 0.1) is 17.0 Å². The van der Waals surface area contributed by atoms with E-state index in [2.05, 4.69) is 4.98 Å². The van der Waals surface area contributed by atoms with Crippen LogP contribution in [0.5, 0.6) is 0 Å². The number of hydrogen-bond donors (Lipinski definition) is 2. The molecule has 0 saturated heterocycles. The minimum Gasteiger partial charge on any atom is -0.481 e. The number of benzene rings is 1. The average molecular weight is 262 g/mol. The maximum atomic E-state index is 12.2. The van der Waals surface area contributed by atoms with Crippen molar-refractivity contribution in [1.82, 2.24) is 4.98 Å². The average Bonchev–Trinajstić information content (AvgIpc) is 2.33. The molecule has 0 aliphatic heterocycles. The molecule has 98 valence electrons. The molecule has 7 heteroatoms. The number of H-pyrrole nitrogens is 1. The molecule has 0 unspecified atom stereocenters. The summed E-state index contributed by atoms with van der Waals surface area (Å²) in [6.07, 6.45) is -0.417. The van der Waals surface area contributed by atoms with Gasteiger partial charge in [-0.15, -0.1) is 0 Å². The lowest BCUT2D eigenvalue weighted by Gasteiger charge is -2.06. The van der Waals surface area contributed by atoms with Crippen LogP contribution >= 0.6 is 0 Å². The summed E-state index contributed by atoms with van der Waals surface area (Å²) in [6, 6.07) is 3.87. The first-order chi connectivity index (χ1) is 8.90. The summed E-state index contributed by atoms with van der Waals surface area (Å²) in [5.41, 5.74) is 0.317. The van der Waals surface area contributed by atoms with Crippen LogP contribution in [0.15, 0.2) is 23.0 Å². The molecule has 2 aromatic rings. The number of rotatable bonds is 3. The molecule has 1 aromatic heterocycles. The van der Waals surface area contributed by atoms with Gasteiger partial charge in [0.2, 0.25) is 0 Å². The lowest BCUT2D eigenvalue weighted by molar-refractivity contribution is -0.384. The Kier molecular flexibility index (Phi) is 3.04. The van der Waals surface area contributed by atoms with Gasteiger partial charge in [0, 0.05) is 28.9 Å². The minimum atomic E-state index is -1.13. The maximum absolute atomic E-state index is 12.2. The number of hydrogen-bond acceptors (Lipinski definition) is 4. The smallest absolute Gasteiger partial charge is 0.308 e. The molecule has 0 saturated carbocycles. The van der Waals surface area contributed by atoms with E-state index in [1.54, 1.807) is 6.92 Å². The van der Waals surface area contributed by atoms with E-state index in [0.717, 1.165) is 6.07 Å². The Morgan fingerprint density at radius 3 is 2.74 bits per heavy atom. The number of aryl methyl sites for hydroxylation is 1. The van der Waals surface area contributed by atoms with Gasteiger partial charge in [0.1, 0.15) is 0 Å². The maximum Gasteiger partial charge on any atom is 0.308 e. The Morgan fingerprint density at radius 2 is 2.16 bits per heavy atom. The van der Waals surface area contributed by atoms with E-state index < -0.39 is 22.7 Å². The summed E-state index contributed by atoms with van der Waals surface area (Å²) >= 11 is 0. The quantitative estimate of drug-likeness (QED) is 0.640. The van der Waals surface area contributed by atoms with Crippen molar-refractivity contribution in [2.75, 3.05) is 0 Å². The summed E-state index contributed by atoms with van der Waals surface area (Å²) < 4.78 is 0. The van der Waals surface area contributed by atoms with Gasteiger partial charge in [-0.2, -0.15) is 0 Å². The van der Waals surface area contributed by atoms with E-state index in [-0.39, 0.29) is 16.6 Å². The number of non-ortho nitro benzene ring substituents is 1. The number of carboxylic acid groups (broad SMARTS) is 1. The van der Waals surface area contributed by atoms with Crippen LogP contribution in [0.4, 0.5) is 5.69 Å². The molecule has 0 atom stereocenters. The molecule has 0 amide bonds. The molecule has 2 N–H and O–H groups in total. The van der Waals surface area contributed by atoms with Gasteiger partial charge in [-0.05, 0) is 13.0 Å². The fraction of sp³-hybridized carbons (Fsp3) is 0.167. The minimum absolute atomic E-state index is 0.112. The van der Waals surface area contributed by atoms with Gasteiger partial charge in [-0.3, -0.25) is 19.7 Å². The number of nitrogens with zero attached hydrogens (tertiary/aromatic N) is 1. The molecular formula is C12H10N2O5. The Balaban J connectivity index is 2.76. The predicted octanol–water partition coefficient (Wildman–Crippen LogP) is 1.37. The standard InChI is InChI=1S/C12H10N2O5/c1-6-8(5-11(15)16)12(17)9-4-7(14(18)19)2-3-10(9)13-6/h2-4H,5H2,1H3,(H,13,17)(H,15,16). The molecule has 0 spiro atoms. The molecule has 0 aliphatic carbocycles. The van der Waals surface area contributed by atoms with E-state index in [4.69, 9.17) is 5.11 Å². The Hall–Kier alpha value is -2.70. The van der Waals surface area contributed by atoms with Crippen molar-refractivity contribution in [3.63, 3.8) is 0 Å². The van der Waals surface area contributed by atoms with Gasteiger partial charge in [0.25, 0.3) is 5.69 Å². The SMILES string of the molecule is Cc1[nH]c2ccc([N+](=O)[O-])cc2c(=O)c1CC(=O)O. The molecule has 19 heavy (non-hydrogen) atoms. The van der Waals surface area contributed by atoms with Gasteiger partial charge in [0.15, 0.2) is 5.43 Å². The molecule has 1 heterocycles. The fourth-order valence-corrected chi connectivity index (χ4v) is 1.92. The highest BCUT2D eigenvalue weighted by Crippen LogP contribution is 2.18. The molecular weight excluding hydrogens is 252 g/mol. The van der Waals surface area contributed by atoms with Crippen molar-refractivity contribution in [1.29, 1.82) is 0 Å². The first-order valence-electron chi connectivity index (χ1n) is 5.42. The number of aliphatic carboxylic acids is 1. The highest BCUT2D eigenvalue weighted by molar-refractivity contribution is 5.83. The number of fused-ring (bicyclic) bond motifs is 1. The Labute approximate surface area is 106 Å². The lowest BCUT2D eigenvalue weighted by atomic mass is 10.1. The third-order valence-electron chi connectivity index (χ3n) is 2.84. The molecule has 0 radical (unpaired) electrons. The van der Waals surface area contributed by atoms with E-state index >= 15 is 0 Å². The monoisotopic (exact) mass is 262 g/mol. The zero-order valence-corrected chi connectivity index (χ0v) is 9.97. The molecule has 0 aliphatic rings. The van der Waals surface area contributed by atoms with Crippen LogP contribution < -0.4 is 5.43 Å². The summed E-state index contributed by atoms with van der Waals surface area (Å²) in [6.45, 7) is 1.60. The normalized spacial score (nSPS) is 10.6. The van der Waals surface area contributed by atoms with Crippen LogP contribution in [0.25, 0.3) is 10.9 Å². The van der Waals surface area contributed by atoms with Gasteiger partial charge in [-0.25, -0.2) is 0 Å². The third kappa shape index (κ3) is 2.30. The Morgan fingerprint density at radius 1 is 1.47 bits per heavy atom. The summed E-state index contributed by atoms with van der Waals surface area (Å²) in [5.74, 6) is -1.13. The summed E-state index contributed by atoms with van der Waals surface area (Å²) in [5, 5.41) is 19.6. The number of carbonyl (C=O) groups is 1. The second-order valence-corrected chi connectivity index (χ2v) is 4.12. The second-order valence-electron chi connectivity index (χ2n) is 4.12. The van der Waals surface area contributed by atoms with Gasteiger partial charge in [0.05, 0.1) is 16.7 Å². The topological polar surface area (TPSA) is 113 Å². The second kappa shape index (κ2) is 4.52. The van der Waals surface area contributed by atoms with E-state index in [9.17, 15) is 19.7 Å². The number of pyridine rings is 1. The first-order valence-corrected chi connectivity index (χ1v) is 5.42. The lowest BCUT2D eigenvalue weighted by Crippen LogP contribution is -2.17. The van der Waals surface area contributed by atoms with Crippen LogP contribution in [-0.2, 0) is 11.2 Å². The number of carboxylic acids is 1. The highest BCUT2D eigenvalue weighted by Gasteiger charge is 2.15. The summed E-state index contributed by atoms with van der Waals surface area (Å²) in [4.78, 5) is 35.8. The number of nitrogens with one attached hydrogen (secondary N) is 1. The third-order valence-corrected chi connectivity index (χ3v) is 2.84. The van der Waals surface area contributed by atoms with Crippen molar-refractivity contribution in [3.8, 4) is 0 Å². The molecule has 7 nitrogen and oxygen atoms in total. The zero-order chi connectivity index (χ0) is 14.2. The van der Waals surface area contributed by atoms with Crippen LogP contribution in [0.2, 0.25) is 0 Å². The van der Waals surface area contributed by atoms with E-state index in [1.807, 2.05) is 0 Å². The van der Waals surface area contributed by atoms with Crippen LogP contribution in [-0.4, -0.2) is 21.0 Å². The van der Waals surface area contributed by atoms with Crippen molar-refractivity contribution in [3.05, 3.63) is 49.8 Å². The number of nitro groups is 1. The predicted molar refractivity (Wildman–Crippen MR) is 67.3 cm³/mol. The Bertz CT molecular complexity index is 748. The van der Waals surface area contributed by atoms with Gasteiger partial charge < -0.3 is 10.1 Å². The first kappa shape index (κ1) is 12.7.